The molecule has 1 radical (unpaired) electrons. The molecule has 0 saturated heterocycles. The van der Waals surface area contributed by atoms with Crippen LogP contribution in [0.15, 0.2) is 104 Å². The van der Waals surface area contributed by atoms with Crippen molar-refractivity contribution < 1.29 is 63.4 Å². The summed E-state index contributed by atoms with van der Waals surface area (Å²) in [6.07, 6.45) is 2.07. The van der Waals surface area contributed by atoms with Gasteiger partial charge in [-0.2, -0.15) is 0 Å². The fourth-order valence-corrected chi connectivity index (χ4v) is 5.07. The van der Waals surface area contributed by atoms with Crippen LogP contribution in [0.25, 0.3) is 16.8 Å². The van der Waals surface area contributed by atoms with Crippen molar-refractivity contribution in [1.29, 1.82) is 0 Å². The number of ether oxygens (including phenoxy) is 2. The van der Waals surface area contributed by atoms with Gasteiger partial charge in [0, 0.05) is 73.9 Å². The van der Waals surface area contributed by atoms with E-state index in [0.717, 1.165) is 40.2 Å². The van der Waals surface area contributed by atoms with Crippen molar-refractivity contribution in [2.24, 2.45) is 11.7 Å². The zero-order chi connectivity index (χ0) is 27.9. The largest absolute Gasteiger partial charge is 0.454 e. The second kappa shape index (κ2) is 14.7. The number of benzene rings is 4. The van der Waals surface area contributed by atoms with Crippen LogP contribution in [-0.4, -0.2) is 30.5 Å². The summed E-state index contributed by atoms with van der Waals surface area (Å²) < 4.78 is 10.9. The first-order valence-electron chi connectivity index (χ1n) is 13.5. The van der Waals surface area contributed by atoms with Gasteiger partial charge >= 0.3 is 0 Å². The van der Waals surface area contributed by atoms with Crippen LogP contribution in [0.4, 0.5) is 0 Å². The van der Waals surface area contributed by atoms with Crippen LogP contribution in [0.5, 0.6) is 11.5 Å². The zero-order valence-electron chi connectivity index (χ0n) is 23.0. The predicted octanol–water partition coefficient (Wildman–Crippen LogP) is 5.59. The average molecular weight is 762 g/mol. The van der Waals surface area contributed by atoms with E-state index in [1.54, 1.807) is 0 Å². The third-order valence-electron chi connectivity index (χ3n) is 7.36. The molecule has 0 aromatic heterocycles. The molecule has 4 aromatic rings. The maximum absolute atomic E-state index is 13.4. The molecule has 4 aromatic carbocycles. The number of nitrogens with one attached hydrogen (secondary N) is 1. The number of hydrogen-bond acceptors (Lipinski definition) is 5. The minimum atomic E-state index is -0.240. The third kappa shape index (κ3) is 8.01. The van der Waals surface area contributed by atoms with Gasteiger partial charge < -0.3 is 25.6 Å². The number of rotatable bonds is 11. The van der Waals surface area contributed by atoms with Crippen molar-refractivity contribution in [3.05, 3.63) is 126 Å². The Kier molecular flexibility index (Phi) is 11.0. The Morgan fingerprint density at radius 3 is 2.29 bits per heavy atom. The Balaban J connectivity index is 0.00000387. The summed E-state index contributed by atoms with van der Waals surface area (Å²) in [5.41, 5.74) is 12.0. The van der Waals surface area contributed by atoms with Gasteiger partial charge in [0.15, 0.2) is 11.5 Å². The molecule has 6 nitrogen and oxygen atoms in total. The van der Waals surface area contributed by atoms with Gasteiger partial charge in [-0.3, -0.25) is 4.79 Å². The molecule has 2 unspecified atom stereocenters. The summed E-state index contributed by atoms with van der Waals surface area (Å²) in [6.45, 7) is 4.01. The van der Waals surface area contributed by atoms with Gasteiger partial charge in [0.25, 0.3) is 5.91 Å². The molecule has 1 heterocycles. The van der Waals surface area contributed by atoms with Crippen LogP contribution in [-0.2, 0) is 12.8 Å². The number of aliphatic hydroxyl groups is 1. The molecule has 0 spiro atoms. The van der Waals surface area contributed by atoms with Crippen molar-refractivity contribution in [3.8, 4) is 22.6 Å². The molecule has 2 atom stereocenters. The molecule has 207 valence electrons. The molecule has 1 aliphatic heterocycles. The van der Waals surface area contributed by atoms with E-state index in [0.29, 0.717) is 24.1 Å². The maximum atomic E-state index is 13.4. The topological polar surface area (TPSA) is 93.8 Å². The molecule has 4 N–H and O–H groups in total. The van der Waals surface area contributed by atoms with Gasteiger partial charge in [-0.1, -0.05) is 73.3 Å². The first-order valence-corrected chi connectivity index (χ1v) is 13.5. The number of carbonyl (C=O) groups is 1. The average Bonchev–Trinajstić information content (AvgIpc) is 3.47. The van der Waals surface area contributed by atoms with Crippen LogP contribution in [0.3, 0.4) is 0 Å². The molecular weight excluding hydrogens is 727 g/mol. The normalized spacial score (nSPS) is 13.1. The van der Waals surface area contributed by atoms with Crippen molar-refractivity contribution in [1.82, 2.24) is 5.32 Å². The number of aryl methyl sites for hydroxylation is 1. The van der Waals surface area contributed by atoms with Gasteiger partial charge in [-0.05, 0) is 77.4 Å². The summed E-state index contributed by atoms with van der Waals surface area (Å²) in [5.74, 6) is 1.11. The Morgan fingerprint density at radius 1 is 0.854 bits per heavy atom. The van der Waals surface area contributed by atoms with Crippen LogP contribution in [0.1, 0.15) is 33.5 Å². The van der Waals surface area contributed by atoms with E-state index >= 15 is 0 Å². The number of fused-ring (bicyclic) bond motifs is 1. The Bertz CT molecular complexity index is 1470. The molecule has 0 aliphatic carbocycles. The van der Waals surface area contributed by atoms with Gasteiger partial charge in [-0.25, -0.2) is 0 Å². The van der Waals surface area contributed by atoms with Crippen LogP contribution in [0.2, 0.25) is 0 Å². The number of carbonyl (C=O) groups excluding carboxylic acids is 1. The predicted molar refractivity (Wildman–Crippen MR) is 158 cm³/mol. The van der Waals surface area contributed by atoms with Crippen LogP contribution >= 0.6 is 0 Å². The molecule has 5 rings (SSSR count). The van der Waals surface area contributed by atoms with E-state index in [9.17, 15) is 9.90 Å². The first-order chi connectivity index (χ1) is 19.5. The van der Waals surface area contributed by atoms with E-state index < -0.39 is 0 Å². The zero-order valence-corrected chi connectivity index (χ0v) is 27.7. The minimum absolute atomic E-state index is 0. The Morgan fingerprint density at radius 2 is 1.56 bits per heavy atom. The molecule has 1 amide bonds. The molecular formula is C34H34AcN2O4. The first kappa shape index (κ1) is 30.8. The Hall–Kier alpha value is -3.11. The quantitative estimate of drug-likeness (QED) is 0.185. The van der Waals surface area contributed by atoms with E-state index in [2.05, 4.69) is 24.0 Å². The molecule has 0 saturated carbocycles. The smallest absolute Gasteiger partial charge is 0.251 e. The summed E-state index contributed by atoms with van der Waals surface area (Å²) in [4.78, 5) is 13.4. The molecule has 1 aliphatic rings. The van der Waals surface area contributed by atoms with E-state index in [1.807, 2.05) is 84.9 Å². The fraction of sp³-hybridized carbons (Fsp3) is 0.206. The maximum Gasteiger partial charge on any atom is 0.251 e. The number of hydrogen-bond donors (Lipinski definition) is 3. The number of amides is 1. The van der Waals surface area contributed by atoms with Crippen molar-refractivity contribution >= 4 is 11.6 Å². The van der Waals surface area contributed by atoms with Gasteiger partial charge in [0.05, 0.1) is 0 Å². The standard InChI is InChI=1S/C34H34N2O4.Ac/c1-23(35)28-9-5-8-25(18-28)19-30(21-37)31(16-10-24-6-3-2-4-7-24)36-34(38)27-13-11-26(12-14-27)29-15-17-32-33(20-29)40-22-39-32;/h2-9,11-15,17-18,20,30-31,37H,1,10,16,19,21-22,35H2,(H,36,38);. The van der Waals surface area contributed by atoms with Crippen molar-refractivity contribution in [2.45, 2.75) is 25.3 Å². The monoisotopic (exact) mass is 761 g/mol. The molecule has 7 heteroatoms. The molecule has 0 bridgehead atoms. The summed E-state index contributed by atoms with van der Waals surface area (Å²) in [6, 6.07) is 31.1. The minimum Gasteiger partial charge on any atom is -0.454 e. The van der Waals surface area contributed by atoms with Gasteiger partial charge in [0.1, 0.15) is 0 Å². The van der Waals surface area contributed by atoms with Crippen molar-refractivity contribution in [3.63, 3.8) is 0 Å². The summed E-state index contributed by atoms with van der Waals surface area (Å²) in [5, 5.41) is 13.7. The van der Waals surface area contributed by atoms with Crippen molar-refractivity contribution in [2.75, 3.05) is 13.4 Å². The van der Waals surface area contributed by atoms with Crippen LogP contribution < -0.4 is 20.5 Å². The van der Waals surface area contributed by atoms with Crippen LogP contribution in [0, 0.1) is 50.0 Å². The second-order valence-corrected chi connectivity index (χ2v) is 10.1. The van der Waals surface area contributed by atoms with E-state index in [4.69, 9.17) is 15.2 Å². The fourth-order valence-electron chi connectivity index (χ4n) is 5.07. The van der Waals surface area contributed by atoms with E-state index in [1.165, 1.54) is 5.56 Å². The third-order valence-corrected chi connectivity index (χ3v) is 7.36. The number of aliphatic hydroxyl groups excluding tert-OH is 1. The number of nitrogens with two attached hydrogens (primary N) is 1. The summed E-state index contributed by atoms with van der Waals surface area (Å²) >= 11 is 0. The van der Waals surface area contributed by atoms with Gasteiger partial charge in [0.2, 0.25) is 6.79 Å². The van der Waals surface area contributed by atoms with E-state index in [-0.39, 0.29) is 75.3 Å². The molecule has 0 fully saturated rings. The van der Waals surface area contributed by atoms with Gasteiger partial charge in [-0.15, -0.1) is 0 Å². The summed E-state index contributed by atoms with van der Waals surface area (Å²) in [7, 11) is 0. The second-order valence-electron chi connectivity index (χ2n) is 10.1. The molecule has 41 heavy (non-hydrogen) atoms. The Labute approximate surface area is 277 Å². The SMILES string of the molecule is C=C(N)c1cccc(CC(CO)C(CCc2ccccc2)NC(=O)c2ccc(-c3ccc4c(c3)OCO4)cc2)c1.[Ac].